The Morgan fingerprint density at radius 2 is 1.12 bits per heavy atom. The molecule has 0 spiro atoms. The standard InChI is InChI=1S/C35H62N8O13/c1-8-17(4)27(41-31(51)22(12-13-24(37)45)39-32(52)23(15-26(48)49)40-30(50)20(7)36)33(53)42-29(19(6)10-3)35(55,56)43-28(18(5)9-2)34(54)38-21(16-44)11-14-25(46)47/h16-23,27-29,43,55-56H,8-15,36H2,1-7H3,(H2,37,45)(H,38,54)(H,39,52)(H,40,50)(H,41,51)(H,42,53)(H,46,47)(H,48,49)/t17-,18-,19-,20-,21-,22-,23-,27-,28-,29-/m0/s1. The van der Waals surface area contributed by atoms with E-state index in [1.807, 2.05) is 0 Å². The van der Waals surface area contributed by atoms with Crippen LogP contribution >= 0.6 is 0 Å². The SMILES string of the molecule is CC[C@H](C)[C@H](NC(=O)[C@H](CCC(N)=O)NC(=O)[C@H](CC(=O)O)NC(=O)[C@H](C)N)C(=O)N[C@@H]([C@@H](C)CC)C(O)(O)N[C@H](C(=O)N[C@H](C=O)CCC(=O)O)[C@@H](C)CC. The molecule has 0 aliphatic rings. The lowest BCUT2D eigenvalue weighted by atomic mass is 9.91. The van der Waals surface area contributed by atoms with Gasteiger partial charge in [0.15, 0.2) is 0 Å². The molecule has 6 amide bonds. The van der Waals surface area contributed by atoms with Crippen molar-refractivity contribution in [2.24, 2.45) is 29.2 Å². The van der Waals surface area contributed by atoms with Gasteiger partial charge >= 0.3 is 11.9 Å². The molecule has 0 heterocycles. The normalized spacial score (nSPS) is 16.8. The molecule has 0 aliphatic carbocycles. The maximum Gasteiger partial charge on any atom is 0.305 e. The lowest BCUT2D eigenvalue weighted by Gasteiger charge is -2.40. The third kappa shape index (κ3) is 17.8. The molecular formula is C35H62N8O13. The first-order chi connectivity index (χ1) is 25.9. The molecule has 0 saturated carbocycles. The Hall–Kier alpha value is -4.73. The minimum absolute atomic E-state index is 0.213. The zero-order valence-electron chi connectivity index (χ0n) is 33.1. The lowest BCUT2D eigenvalue weighted by molar-refractivity contribution is -0.223. The van der Waals surface area contributed by atoms with Crippen LogP contribution in [-0.2, 0) is 43.2 Å². The van der Waals surface area contributed by atoms with E-state index >= 15 is 0 Å². The van der Waals surface area contributed by atoms with Crippen LogP contribution in [0.5, 0.6) is 0 Å². The van der Waals surface area contributed by atoms with Gasteiger partial charge in [0, 0.05) is 12.8 Å². The molecule has 14 N–H and O–H groups in total. The number of aliphatic hydroxyl groups is 2. The van der Waals surface area contributed by atoms with Gasteiger partial charge in [0.1, 0.15) is 30.5 Å². The molecule has 0 rings (SSSR count). The monoisotopic (exact) mass is 802 g/mol. The molecule has 21 nitrogen and oxygen atoms in total. The number of hydrogen-bond donors (Lipinski definition) is 12. The predicted molar refractivity (Wildman–Crippen MR) is 199 cm³/mol. The predicted octanol–water partition coefficient (Wildman–Crippen LogP) is -2.70. The smallest absolute Gasteiger partial charge is 0.305 e. The second-order valence-corrected chi connectivity index (χ2v) is 14.2. The van der Waals surface area contributed by atoms with Crippen LogP contribution in [0, 0.1) is 17.8 Å². The first kappa shape index (κ1) is 51.3. The first-order valence-electron chi connectivity index (χ1n) is 18.6. The average Bonchev–Trinajstić information content (AvgIpc) is 3.12. The van der Waals surface area contributed by atoms with E-state index in [9.17, 15) is 58.5 Å². The maximum atomic E-state index is 14.0. The first-order valence-corrected chi connectivity index (χ1v) is 18.6. The molecule has 0 aromatic heterocycles. The number of carbonyl (C=O) groups excluding carboxylic acids is 7. The summed E-state index contributed by atoms with van der Waals surface area (Å²) in [5, 5.41) is 55.7. The number of carboxylic acids is 2. The number of amides is 6. The van der Waals surface area contributed by atoms with E-state index in [1.54, 1.807) is 41.5 Å². The number of rotatable bonds is 28. The van der Waals surface area contributed by atoms with Crippen molar-refractivity contribution >= 4 is 53.7 Å². The quantitative estimate of drug-likeness (QED) is 0.0283. The average molecular weight is 803 g/mol. The summed E-state index contributed by atoms with van der Waals surface area (Å²) in [6, 6.07) is -9.83. The van der Waals surface area contributed by atoms with E-state index in [1.165, 1.54) is 6.92 Å². The fraction of sp³-hybridized carbons (Fsp3) is 0.743. The minimum Gasteiger partial charge on any atom is -0.481 e. The molecule has 0 fully saturated rings. The van der Waals surface area contributed by atoms with Gasteiger partial charge < -0.3 is 63.3 Å². The van der Waals surface area contributed by atoms with Crippen molar-refractivity contribution in [3.63, 3.8) is 0 Å². The van der Waals surface area contributed by atoms with Crippen molar-refractivity contribution in [3.05, 3.63) is 0 Å². The molecule has 0 saturated heterocycles. The summed E-state index contributed by atoms with van der Waals surface area (Å²) >= 11 is 0. The number of hydrogen-bond acceptors (Lipinski definition) is 13. The van der Waals surface area contributed by atoms with Gasteiger partial charge in [0.25, 0.3) is 0 Å². The Morgan fingerprint density at radius 1 is 0.625 bits per heavy atom. The second-order valence-electron chi connectivity index (χ2n) is 14.2. The van der Waals surface area contributed by atoms with Crippen LogP contribution < -0.4 is 43.4 Å². The maximum absolute atomic E-state index is 14.0. The van der Waals surface area contributed by atoms with E-state index in [-0.39, 0.29) is 19.3 Å². The van der Waals surface area contributed by atoms with Gasteiger partial charge in [-0.25, -0.2) is 0 Å². The van der Waals surface area contributed by atoms with Crippen molar-refractivity contribution < 1.29 is 63.6 Å². The highest BCUT2D eigenvalue weighted by atomic mass is 16.5. The highest BCUT2D eigenvalue weighted by Gasteiger charge is 2.44. The van der Waals surface area contributed by atoms with E-state index in [4.69, 9.17) is 16.6 Å². The number of nitrogens with two attached hydrogens (primary N) is 2. The Bertz CT molecular complexity index is 1380. The largest absolute Gasteiger partial charge is 0.481 e. The summed E-state index contributed by atoms with van der Waals surface area (Å²) in [4.78, 5) is 112. The molecule has 0 bridgehead atoms. The van der Waals surface area contributed by atoms with Crippen LogP contribution in [0.15, 0.2) is 0 Å². The molecule has 0 unspecified atom stereocenters. The van der Waals surface area contributed by atoms with Gasteiger partial charge in [-0.05, 0) is 37.5 Å². The van der Waals surface area contributed by atoms with Gasteiger partial charge in [-0.3, -0.25) is 43.7 Å². The summed E-state index contributed by atoms with van der Waals surface area (Å²) in [6.45, 7) is 11.2. The second kappa shape index (κ2) is 24.7. The molecular weight excluding hydrogens is 740 g/mol. The van der Waals surface area contributed by atoms with Crippen molar-refractivity contribution in [1.29, 1.82) is 0 Å². The highest BCUT2D eigenvalue weighted by molar-refractivity contribution is 5.96. The number of aldehydes is 1. The summed E-state index contributed by atoms with van der Waals surface area (Å²) in [6.07, 6.45) is -1.05. The highest BCUT2D eigenvalue weighted by Crippen LogP contribution is 2.21. The number of primary amides is 1. The van der Waals surface area contributed by atoms with Crippen molar-refractivity contribution in [2.75, 3.05) is 0 Å². The number of aliphatic carboxylic acids is 2. The van der Waals surface area contributed by atoms with Crippen molar-refractivity contribution in [2.45, 2.75) is 148 Å². The Morgan fingerprint density at radius 3 is 1.59 bits per heavy atom. The molecule has 0 aliphatic heterocycles. The fourth-order valence-electron chi connectivity index (χ4n) is 5.34. The van der Waals surface area contributed by atoms with Crippen LogP contribution in [0.1, 0.15) is 99.8 Å². The molecule has 21 heteroatoms. The molecule has 320 valence electrons. The Labute approximate surface area is 326 Å². The van der Waals surface area contributed by atoms with Crippen LogP contribution in [0.3, 0.4) is 0 Å². The third-order valence-corrected chi connectivity index (χ3v) is 9.50. The molecule has 0 radical (unpaired) electrons. The minimum atomic E-state index is -2.99. The topological polar surface area (TPSA) is 359 Å². The Kier molecular flexibility index (Phi) is 22.6. The molecule has 0 aromatic rings. The number of carbonyl (C=O) groups is 9. The fourth-order valence-corrected chi connectivity index (χ4v) is 5.34. The molecule has 0 aromatic carbocycles. The van der Waals surface area contributed by atoms with Gasteiger partial charge in [-0.2, -0.15) is 0 Å². The summed E-state index contributed by atoms with van der Waals surface area (Å²) < 4.78 is 0. The number of carboxylic acid groups (broad SMARTS) is 2. The van der Waals surface area contributed by atoms with Crippen LogP contribution in [-0.4, -0.2) is 122 Å². The van der Waals surface area contributed by atoms with E-state index in [2.05, 4.69) is 31.9 Å². The van der Waals surface area contributed by atoms with Gasteiger partial charge in [0.05, 0.1) is 24.5 Å². The van der Waals surface area contributed by atoms with Gasteiger partial charge in [-0.15, -0.1) is 0 Å². The zero-order chi connectivity index (χ0) is 43.5. The van der Waals surface area contributed by atoms with Crippen LogP contribution in [0.2, 0.25) is 0 Å². The van der Waals surface area contributed by atoms with Crippen molar-refractivity contribution in [3.8, 4) is 0 Å². The van der Waals surface area contributed by atoms with Crippen molar-refractivity contribution in [1.82, 2.24) is 31.9 Å². The van der Waals surface area contributed by atoms with Crippen LogP contribution in [0.4, 0.5) is 0 Å². The van der Waals surface area contributed by atoms with E-state index in [0.29, 0.717) is 19.1 Å². The zero-order valence-corrected chi connectivity index (χ0v) is 33.1. The van der Waals surface area contributed by atoms with E-state index < -0.39 is 133 Å². The molecule has 56 heavy (non-hydrogen) atoms. The lowest BCUT2D eigenvalue weighted by Crippen LogP contribution is -2.69. The summed E-state index contributed by atoms with van der Waals surface area (Å²) in [5.41, 5.74) is 10.8. The summed E-state index contributed by atoms with van der Waals surface area (Å²) in [5.74, 6) is -13.1. The Balaban J connectivity index is 6.57. The van der Waals surface area contributed by atoms with Gasteiger partial charge in [-0.1, -0.05) is 60.8 Å². The third-order valence-electron chi connectivity index (χ3n) is 9.50. The number of nitrogens with one attached hydrogen (secondary N) is 6. The summed E-state index contributed by atoms with van der Waals surface area (Å²) in [7, 11) is 0. The van der Waals surface area contributed by atoms with E-state index in [0.717, 1.165) is 0 Å². The molecule has 10 atom stereocenters. The van der Waals surface area contributed by atoms with Gasteiger partial charge in [0.2, 0.25) is 41.4 Å². The van der Waals surface area contributed by atoms with Crippen LogP contribution in [0.25, 0.3) is 0 Å².